The van der Waals surface area contributed by atoms with E-state index in [1.807, 2.05) is 25.2 Å². The second kappa shape index (κ2) is 11.8. The topological polar surface area (TPSA) is 119 Å². The van der Waals surface area contributed by atoms with Gasteiger partial charge in [-0.25, -0.2) is 19.4 Å². The number of carboxylic acid groups (broad SMARTS) is 2. The van der Waals surface area contributed by atoms with Crippen molar-refractivity contribution in [3.63, 3.8) is 0 Å². The van der Waals surface area contributed by atoms with Crippen LogP contribution in [0.25, 0.3) is 0 Å². The SMILES string of the molecule is CCN1CCn2c(C)cnc2C12CCN(C(=O)N(C)C)CC2.O=C(O)C(F)(F)F.O=C(O)C(F)(F)F. The summed E-state index contributed by atoms with van der Waals surface area (Å²) in [6.07, 6.45) is -6.23. The molecule has 1 aromatic rings. The van der Waals surface area contributed by atoms with Crippen molar-refractivity contribution in [2.45, 2.75) is 51.1 Å². The fourth-order valence-corrected chi connectivity index (χ4v) is 4.04. The molecule has 0 aromatic carbocycles. The van der Waals surface area contributed by atoms with Crippen molar-refractivity contribution in [3.05, 3.63) is 17.7 Å². The summed E-state index contributed by atoms with van der Waals surface area (Å²) < 4.78 is 65.8. The highest BCUT2D eigenvalue weighted by molar-refractivity contribution is 5.74. The largest absolute Gasteiger partial charge is 0.490 e. The Balaban J connectivity index is 0.000000383. The third-order valence-electron chi connectivity index (χ3n) is 5.78. The molecule has 2 aliphatic rings. The fraction of sp³-hybridized carbons (Fsp3) is 0.700. The number of carbonyl (C=O) groups is 3. The number of urea groups is 1. The Morgan fingerprint density at radius 2 is 1.42 bits per heavy atom. The molecule has 1 spiro atoms. The molecule has 0 unspecified atom stereocenters. The number of likely N-dealkylation sites (N-methyl/N-ethyl adjacent to an activating group) is 1. The van der Waals surface area contributed by atoms with E-state index in [0.717, 1.165) is 45.6 Å². The van der Waals surface area contributed by atoms with Gasteiger partial charge in [0.05, 0.1) is 5.54 Å². The lowest BCUT2D eigenvalue weighted by molar-refractivity contribution is -0.193. The Hall–Kier alpha value is -3.04. The zero-order valence-corrected chi connectivity index (χ0v) is 20.2. The van der Waals surface area contributed by atoms with Gasteiger partial charge in [0.2, 0.25) is 0 Å². The summed E-state index contributed by atoms with van der Waals surface area (Å²) in [6.45, 7) is 9.10. The second-order valence-corrected chi connectivity index (χ2v) is 8.26. The molecular formula is C20H29F6N5O5. The molecule has 3 heterocycles. The third kappa shape index (κ3) is 7.48. The maximum absolute atomic E-state index is 12.2. The zero-order chi connectivity index (χ0) is 28.1. The van der Waals surface area contributed by atoms with Crippen LogP contribution in [-0.4, -0.2) is 105 Å². The number of hydrogen-bond acceptors (Lipinski definition) is 5. The number of aryl methyl sites for hydroxylation is 1. The smallest absolute Gasteiger partial charge is 0.475 e. The van der Waals surface area contributed by atoms with E-state index in [0.29, 0.717) is 0 Å². The van der Waals surface area contributed by atoms with Crippen LogP contribution in [0.1, 0.15) is 31.3 Å². The van der Waals surface area contributed by atoms with Gasteiger partial charge in [-0.2, -0.15) is 26.3 Å². The van der Waals surface area contributed by atoms with Gasteiger partial charge in [-0.15, -0.1) is 0 Å². The van der Waals surface area contributed by atoms with Crippen LogP contribution < -0.4 is 0 Å². The minimum absolute atomic E-state index is 0.00432. The van der Waals surface area contributed by atoms with Crippen LogP contribution in [0.3, 0.4) is 0 Å². The Morgan fingerprint density at radius 3 is 1.78 bits per heavy atom. The number of amides is 2. The number of alkyl halides is 6. The van der Waals surface area contributed by atoms with Gasteiger partial charge in [0, 0.05) is 52.2 Å². The average Bonchev–Trinajstić information content (AvgIpc) is 3.15. The van der Waals surface area contributed by atoms with Crippen molar-refractivity contribution in [1.82, 2.24) is 24.3 Å². The van der Waals surface area contributed by atoms with E-state index in [1.165, 1.54) is 11.5 Å². The molecule has 0 saturated carbocycles. The minimum atomic E-state index is -5.08. The van der Waals surface area contributed by atoms with Gasteiger partial charge < -0.3 is 24.6 Å². The molecule has 2 aliphatic heterocycles. The number of fused-ring (bicyclic) bond motifs is 2. The van der Waals surface area contributed by atoms with Crippen molar-refractivity contribution in [2.75, 3.05) is 40.3 Å². The molecule has 0 aliphatic carbocycles. The van der Waals surface area contributed by atoms with Gasteiger partial charge in [0.25, 0.3) is 0 Å². The molecule has 1 aromatic heterocycles. The van der Waals surface area contributed by atoms with Gasteiger partial charge in [0.1, 0.15) is 5.82 Å². The summed E-state index contributed by atoms with van der Waals surface area (Å²) in [7, 11) is 3.64. The van der Waals surface area contributed by atoms with Crippen molar-refractivity contribution >= 4 is 18.0 Å². The Labute approximate surface area is 203 Å². The highest BCUT2D eigenvalue weighted by Gasteiger charge is 2.47. The predicted molar refractivity (Wildman–Crippen MR) is 113 cm³/mol. The van der Waals surface area contributed by atoms with Crippen LogP contribution in [0, 0.1) is 6.92 Å². The van der Waals surface area contributed by atoms with E-state index < -0.39 is 24.3 Å². The summed E-state index contributed by atoms with van der Waals surface area (Å²) in [4.78, 5) is 40.9. The van der Waals surface area contributed by atoms with Crippen LogP contribution in [0.2, 0.25) is 0 Å². The number of imidazole rings is 1. The third-order valence-corrected chi connectivity index (χ3v) is 5.78. The zero-order valence-electron chi connectivity index (χ0n) is 20.2. The van der Waals surface area contributed by atoms with Gasteiger partial charge in [0.15, 0.2) is 0 Å². The summed E-state index contributed by atoms with van der Waals surface area (Å²) in [6, 6.07) is 0.119. The quantitative estimate of drug-likeness (QED) is 0.533. The van der Waals surface area contributed by atoms with Gasteiger partial charge in [-0.05, 0) is 26.3 Å². The highest BCUT2D eigenvalue weighted by Crippen LogP contribution is 2.40. The van der Waals surface area contributed by atoms with Crippen LogP contribution in [0.15, 0.2) is 6.20 Å². The average molecular weight is 533 g/mol. The molecule has 0 bridgehead atoms. The predicted octanol–water partition coefficient (Wildman–Crippen LogP) is 2.77. The molecular weight excluding hydrogens is 504 g/mol. The maximum atomic E-state index is 12.2. The summed E-state index contributed by atoms with van der Waals surface area (Å²) >= 11 is 0. The molecule has 206 valence electrons. The number of likely N-dealkylation sites (tertiary alicyclic amines) is 1. The number of carbonyl (C=O) groups excluding carboxylic acids is 1. The number of carboxylic acids is 2. The number of rotatable bonds is 1. The molecule has 0 atom stereocenters. The molecule has 2 N–H and O–H groups in total. The van der Waals surface area contributed by atoms with Crippen molar-refractivity contribution in [2.24, 2.45) is 0 Å². The van der Waals surface area contributed by atoms with E-state index in [1.54, 1.807) is 4.90 Å². The molecule has 2 amide bonds. The number of piperidine rings is 1. The number of aliphatic carboxylic acids is 2. The van der Waals surface area contributed by atoms with Crippen molar-refractivity contribution in [1.29, 1.82) is 0 Å². The standard InChI is InChI=1S/C16H27N5O.2C2HF3O2/c1-5-20-10-11-21-13(2)12-17-14(21)16(20)6-8-19(9-7-16)15(22)18(3)4;2*3-2(4,5)1(6)7/h12H,5-11H2,1-4H3;2*(H,6,7). The monoisotopic (exact) mass is 533 g/mol. The first-order chi connectivity index (χ1) is 16.4. The molecule has 1 fully saturated rings. The minimum Gasteiger partial charge on any atom is -0.475 e. The maximum Gasteiger partial charge on any atom is 0.490 e. The summed E-state index contributed by atoms with van der Waals surface area (Å²) in [5.74, 6) is -4.31. The molecule has 1 saturated heterocycles. The molecule has 10 nitrogen and oxygen atoms in total. The molecule has 36 heavy (non-hydrogen) atoms. The Kier molecular flexibility index (Phi) is 10.2. The second-order valence-electron chi connectivity index (χ2n) is 8.26. The van der Waals surface area contributed by atoms with Crippen LogP contribution in [0.5, 0.6) is 0 Å². The van der Waals surface area contributed by atoms with E-state index in [4.69, 9.17) is 24.8 Å². The van der Waals surface area contributed by atoms with Gasteiger partial charge in [-0.3, -0.25) is 4.90 Å². The lowest BCUT2D eigenvalue weighted by Gasteiger charge is -2.50. The van der Waals surface area contributed by atoms with E-state index in [-0.39, 0.29) is 11.6 Å². The van der Waals surface area contributed by atoms with Crippen LogP contribution in [0.4, 0.5) is 31.1 Å². The number of halogens is 6. The van der Waals surface area contributed by atoms with Crippen LogP contribution in [-0.2, 0) is 21.7 Å². The first-order valence-electron chi connectivity index (χ1n) is 10.7. The lowest BCUT2D eigenvalue weighted by atomic mass is 9.83. The highest BCUT2D eigenvalue weighted by atomic mass is 19.4. The lowest BCUT2D eigenvalue weighted by Crippen LogP contribution is -2.59. The van der Waals surface area contributed by atoms with Crippen molar-refractivity contribution in [3.8, 4) is 0 Å². The first kappa shape index (κ1) is 31.0. The molecule has 3 rings (SSSR count). The Morgan fingerprint density at radius 1 is 0.972 bits per heavy atom. The van der Waals surface area contributed by atoms with Crippen LogP contribution >= 0.6 is 0 Å². The first-order valence-corrected chi connectivity index (χ1v) is 10.7. The fourth-order valence-electron chi connectivity index (χ4n) is 4.04. The number of aromatic nitrogens is 2. The molecule has 16 heteroatoms. The van der Waals surface area contributed by atoms with E-state index in [2.05, 4.69) is 23.3 Å². The van der Waals surface area contributed by atoms with Gasteiger partial charge >= 0.3 is 30.3 Å². The van der Waals surface area contributed by atoms with Crippen molar-refractivity contribution < 1.29 is 50.9 Å². The summed E-state index contributed by atoms with van der Waals surface area (Å²) in [5.41, 5.74) is 1.25. The Bertz CT molecular complexity index is 899. The number of hydrogen-bond donors (Lipinski definition) is 2. The summed E-state index contributed by atoms with van der Waals surface area (Å²) in [5, 5.41) is 14.2. The molecule has 0 radical (unpaired) electrons. The normalized spacial score (nSPS) is 17.2. The van der Waals surface area contributed by atoms with E-state index in [9.17, 15) is 31.1 Å². The van der Waals surface area contributed by atoms with E-state index >= 15 is 0 Å². The number of nitrogens with zero attached hydrogens (tertiary/aromatic N) is 5. The van der Waals surface area contributed by atoms with Gasteiger partial charge in [-0.1, -0.05) is 6.92 Å².